The van der Waals surface area contributed by atoms with Gasteiger partial charge in [0.05, 0.1) is 7.11 Å². The first kappa shape index (κ1) is 20.8. The summed E-state index contributed by atoms with van der Waals surface area (Å²) in [5, 5.41) is 3.15. The summed E-state index contributed by atoms with van der Waals surface area (Å²) < 4.78 is 5.17. The van der Waals surface area contributed by atoms with E-state index in [2.05, 4.69) is 38.9 Å². The normalized spacial score (nSPS) is 24.2. The third-order valence-corrected chi connectivity index (χ3v) is 5.87. The molecular weight excluding hydrogens is 354 g/mol. The van der Waals surface area contributed by atoms with Gasteiger partial charge in [-0.3, -0.25) is 4.79 Å². The molecule has 0 aromatic carbocycles. The van der Waals surface area contributed by atoms with Crippen LogP contribution in [0.1, 0.15) is 39.5 Å². The molecule has 0 saturated carbocycles. The largest absolute Gasteiger partial charge is 0.481 e. The summed E-state index contributed by atoms with van der Waals surface area (Å²) in [5.41, 5.74) is 0. The van der Waals surface area contributed by atoms with Crippen LogP contribution in [-0.4, -0.2) is 67.2 Å². The number of ether oxygens (including phenoxy) is 1. The predicted octanol–water partition coefficient (Wildman–Crippen LogP) is 2.19. The average molecular weight is 390 g/mol. The quantitative estimate of drug-likeness (QED) is 0.721. The molecule has 1 aromatic heterocycles. The number of hydrogen-bond donors (Lipinski definition) is 1. The van der Waals surface area contributed by atoms with Gasteiger partial charge in [0.2, 0.25) is 17.7 Å². The van der Waals surface area contributed by atoms with E-state index in [1.54, 1.807) is 19.4 Å². The highest BCUT2D eigenvalue weighted by Crippen LogP contribution is 2.22. The molecule has 2 unspecified atom stereocenters. The fraction of sp³-hybridized carbons (Fsp3) is 0.762. The maximum Gasteiger partial charge on any atom is 0.228 e. The Labute approximate surface area is 168 Å². The molecule has 1 aromatic rings. The molecular formula is C21H35N5O2. The van der Waals surface area contributed by atoms with Crippen molar-refractivity contribution in [2.24, 2.45) is 17.8 Å². The molecule has 0 aliphatic carbocycles. The van der Waals surface area contributed by atoms with Crippen LogP contribution in [0.2, 0.25) is 0 Å². The predicted molar refractivity (Wildman–Crippen MR) is 111 cm³/mol. The molecule has 0 bridgehead atoms. The first-order valence-electron chi connectivity index (χ1n) is 10.7. The Balaban J connectivity index is 1.35. The zero-order chi connectivity index (χ0) is 19.9. The molecule has 2 fully saturated rings. The lowest BCUT2D eigenvalue weighted by atomic mass is 9.92. The van der Waals surface area contributed by atoms with Gasteiger partial charge in [0.15, 0.2) is 0 Å². The lowest BCUT2D eigenvalue weighted by Gasteiger charge is -2.35. The van der Waals surface area contributed by atoms with E-state index in [1.807, 2.05) is 0 Å². The van der Waals surface area contributed by atoms with Crippen LogP contribution >= 0.6 is 0 Å². The van der Waals surface area contributed by atoms with Crippen LogP contribution in [0.5, 0.6) is 5.88 Å². The third kappa shape index (κ3) is 5.80. The molecule has 7 heteroatoms. The molecule has 0 radical (unpaired) electrons. The SMILES string of the molecule is COc1ccnc(N2CCC(C(=O)NCCCN3CC(C)CC(C)C3)CC2)n1. The molecule has 156 valence electrons. The number of hydrogen-bond acceptors (Lipinski definition) is 6. The minimum atomic E-state index is 0.0943. The Morgan fingerprint density at radius 2 is 1.96 bits per heavy atom. The van der Waals surface area contributed by atoms with Crippen molar-refractivity contribution in [1.29, 1.82) is 0 Å². The number of nitrogens with zero attached hydrogens (tertiary/aromatic N) is 4. The lowest BCUT2D eigenvalue weighted by molar-refractivity contribution is -0.125. The van der Waals surface area contributed by atoms with Crippen LogP contribution < -0.4 is 15.0 Å². The maximum absolute atomic E-state index is 12.5. The molecule has 3 rings (SSSR count). The molecule has 2 aliphatic rings. The van der Waals surface area contributed by atoms with Crippen LogP contribution in [0.4, 0.5) is 5.95 Å². The number of methoxy groups -OCH3 is 1. The standard InChI is InChI=1S/C21H35N5O2/c1-16-13-17(2)15-25(14-16)10-4-8-22-20(27)18-6-11-26(12-7-18)21-23-9-5-19(24-21)28-3/h5,9,16-18H,4,6-8,10-15H2,1-3H3,(H,22,27). The third-order valence-electron chi connectivity index (χ3n) is 5.87. The van der Waals surface area contributed by atoms with E-state index in [9.17, 15) is 4.79 Å². The second-order valence-corrected chi connectivity index (χ2v) is 8.51. The molecule has 28 heavy (non-hydrogen) atoms. The highest BCUT2D eigenvalue weighted by molar-refractivity contribution is 5.78. The zero-order valence-electron chi connectivity index (χ0n) is 17.6. The van der Waals surface area contributed by atoms with Crippen LogP contribution in [0.25, 0.3) is 0 Å². The number of likely N-dealkylation sites (tertiary alicyclic amines) is 1. The Bertz CT molecular complexity index is 623. The summed E-state index contributed by atoms with van der Waals surface area (Å²) in [6.45, 7) is 10.5. The van der Waals surface area contributed by atoms with E-state index < -0.39 is 0 Å². The Hall–Kier alpha value is -1.89. The monoisotopic (exact) mass is 389 g/mol. The molecule has 1 N–H and O–H groups in total. The fourth-order valence-electron chi connectivity index (χ4n) is 4.57. The molecule has 7 nitrogen and oxygen atoms in total. The number of rotatable bonds is 7. The van der Waals surface area contributed by atoms with Gasteiger partial charge >= 0.3 is 0 Å². The summed E-state index contributed by atoms with van der Waals surface area (Å²) >= 11 is 0. The maximum atomic E-state index is 12.5. The van der Waals surface area contributed by atoms with Crippen molar-refractivity contribution in [2.75, 3.05) is 51.3 Å². The number of anilines is 1. The van der Waals surface area contributed by atoms with E-state index in [0.717, 1.165) is 57.3 Å². The minimum absolute atomic E-state index is 0.0943. The van der Waals surface area contributed by atoms with Crippen molar-refractivity contribution < 1.29 is 9.53 Å². The van der Waals surface area contributed by atoms with Crippen LogP contribution in [-0.2, 0) is 4.79 Å². The van der Waals surface area contributed by atoms with Crippen LogP contribution in [0.3, 0.4) is 0 Å². The van der Waals surface area contributed by atoms with Crippen molar-refractivity contribution in [3.05, 3.63) is 12.3 Å². The van der Waals surface area contributed by atoms with Gasteiger partial charge in [0.1, 0.15) is 0 Å². The van der Waals surface area contributed by atoms with Gasteiger partial charge in [-0.2, -0.15) is 4.98 Å². The number of carbonyl (C=O) groups is 1. The van der Waals surface area contributed by atoms with E-state index in [0.29, 0.717) is 11.8 Å². The average Bonchev–Trinajstić information content (AvgIpc) is 2.70. The second-order valence-electron chi connectivity index (χ2n) is 8.51. The van der Waals surface area contributed by atoms with Crippen molar-refractivity contribution >= 4 is 11.9 Å². The van der Waals surface area contributed by atoms with Gasteiger partial charge in [-0.05, 0) is 44.1 Å². The van der Waals surface area contributed by atoms with Crippen LogP contribution in [0.15, 0.2) is 12.3 Å². The van der Waals surface area contributed by atoms with Crippen molar-refractivity contribution in [1.82, 2.24) is 20.2 Å². The first-order valence-corrected chi connectivity index (χ1v) is 10.7. The van der Waals surface area contributed by atoms with Crippen molar-refractivity contribution in [3.8, 4) is 5.88 Å². The Morgan fingerprint density at radius 3 is 2.64 bits per heavy atom. The number of amides is 1. The topological polar surface area (TPSA) is 70.6 Å². The summed E-state index contributed by atoms with van der Waals surface area (Å²) in [6.07, 6.45) is 5.76. The number of piperidine rings is 2. The molecule has 1 amide bonds. The smallest absolute Gasteiger partial charge is 0.228 e. The minimum Gasteiger partial charge on any atom is -0.481 e. The van der Waals surface area contributed by atoms with Gasteiger partial charge < -0.3 is 19.9 Å². The molecule has 2 atom stereocenters. The molecule has 0 spiro atoms. The summed E-state index contributed by atoms with van der Waals surface area (Å²) in [7, 11) is 1.61. The highest BCUT2D eigenvalue weighted by Gasteiger charge is 2.26. The number of aromatic nitrogens is 2. The van der Waals surface area contributed by atoms with Gasteiger partial charge in [0.25, 0.3) is 0 Å². The first-order chi connectivity index (χ1) is 13.5. The Kier molecular flexibility index (Phi) is 7.48. The van der Waals surface area contributed by atoms with Gasteiger partial charge in [-0.1, -0.05) is 13.8 Å². The van der Waals surface area contributed by atoms with Gasteiger partial charge in [-0.25, -0.2) is 4.98 Å². The molecule has 2 saturated heterocycles. The fourth-order valence-corrected chi connectivity index (χ4v) is 4.57. The summed E-state index contributed by atoms with van der Waals surface area (Å²) in [6, 6.07) is 1.74. The molecule has 3 heterocycles. The van der Waals surface area contributed by atoms with E-state index in [1.165, 1.54) is 19.5 Å². The number of carbonyl (C=O) groups excluding carboxylic acids is 1. The Morgan fingerprint density at radius 1 is 1.25 bits per heavy atom. The van der Waals surface area contributed by atoms with Crippen molar-refractivity contribution in [2.45, 2.75) is 39.5 Å². The second kappa shape index (κ2) is 10.0. The lowest BCUT2D eigenvalue weighted by Crippen LogP contribution is -2.42. The van der Waals surface area contributed by atoms with Gasteiger partial charge in [0, 0.05) is 50.9 Å². The van der Waals surface area contributed by atoms with E-state index in [4.69, 9.17) is 4.74 Å². The van der Waals surface area contributed by atoms with Gasteiger partial charge in [-0.15, -0.1) is 0 Å². The number of nitrogens with one attached hydrogen (secondary N) is 1. The van der Waals surface area contributed by atoms with E-state index >= 15 is 0 Å². The highest BCUT2D eigenvalue weighted by atomic mass is 16.5. The summed E-state index contributed by atoms with van der Waals surface area (Å²) in [4.78, 5) is 25.9. The van der Waals surface area contributed by atoms with Crippen molar-refractivity contribution in [3.63, 3.8) is 0 Å². The summed E-state index contributed by atoms with van der Waals surface area (Å²) in [5.74, 6) is 3.13. The van der Waals surface area contributed by atoms with Crippen LogP contribution in [0, 0.1) is 17.8 Å². The van der Waals surface area contributed by atoms with E-state index in [-0.39, 0.29) is 11.8 Å². The molecule has 2 aliphatic heterocycles. The zero-order valence-corrected chi connectivity index (χ0v) is 17.6.